The third kappa shape index (κ3) is 3.23. The molecule has 34 heavy (non-hydrogen) atoms. The van der Waals surface area contributed by atoms with Crippen LogP contribution in [-0.2, 0) is 34.5 Å². The second-order valence-corrected chi connectivity index (χ2v) is 9.16. The first-order chi connectivity index (χ1) is 16.7. The van der Waals surface area contributed by atoms with Crippen LogP contribution in [-0.4, -0.2) is 30.0 Å². The van der Waals surface area contributed by atoms with Crippen LogP contribution in [0, 0.1) is 0 Å². The molecule has 3 aromatic rings. The maximum atomic E-state index is 13.2. The topological polar surface area (TPSA) is 58.6 Å². The molecule has 0 bridgehead atoms. The minimum absolute atomic E-state index is 0.125. The Bertz CT molecular complexity index is 1260. The third-order valence-corrected chi connectivity index (χ3v) is 7.29. The predicted octanol–water partition coefficient (Wildman–Crippen LogP) is 4.50. The van der Waals surface area contributed by atoms with E-state index in [9.17, 15) is 9.59 Å². The van der Waals surface area contributed by atoms with Crippen LogP contribution in [0.3, 0.4) is 0 Å². The number of aryl methyl sites for hydroxylation is 2. The molecule has 5 nitrogen and oxygen atoms in total. The summed E-state index contributed by atoms with van der Waals surface area (Å²) in [6, 6.07) is 26.3. The van der Waals surface area contributed by atoms with Crippen molar-refractivity contribution < 1.29 is 14.3 Å². The van der Waals surface area contributed by atoms with Gasteiger partial charge in [-0.3, -0.25) is 0 Å². The highest BCUT2D eigenvalue weighted by Gasteiger charge is 2.54. The van der Waals surface area contributed by atoms with E-state index in [1.165, 1.54) is 11.1 Å². The Morgan fingerprint density at radius 2 is 1.47 bits per heavy atom. The molecule has 0 aromatic heterocycles. The molecule has 1 aliphatic carbocycles. The SMILES string of the molecule is O=C1OC2(C3=C1CCN(C(=O)NCc1ccccc1)C3)c1ccccc1CCc1ccccc12. The quantitative estimate of drug-likeness (QED) is 0.585. The normalized spacial score (nSPS) is 18.0. The summed E-state index contributed by atoms with van der Waals surface area (Å²) >= 11 is 0. The van der Waals surface area contributed by atoms with Crippen molar-refractivity contribution in [3.63, 3.8) is 0 Å². The van der Waals surface area contributed by atoms with E-state index in [0.29, 0.717) is 26.1 Å². The molecule has 3 aliphatic rings. The van der Waals surface area contributed by atoms with E-state index in [2.05, 4.69) is 29.6 Å². The molecule has 1 N–H and O–H groups in total. The fourth-order valence-corrected chi connectivity index (χ4v) is 5.65. The number of carbonyl (C=O) groups is 2. The van der Waals surface area contributed by atoms with Gasteiger partial charge in [-0.1, -0.05) is 78.9 Å². The maximum absolute atomic E-state index is 13.2. The number of rotatable bonds is 2. The van der Waals surface area contributed by atoms with E-state index >= 15 is 0 Å². The van der Waals surface area contributed by atoms with Crippen LogP contribution in [0.5, 0.6) is 0 Å². The number of hydrogen-bond acceptors (Lipinski definition) is 3. The van der Waals surface area contributed by atoms with E-state index in [1.54, 1.807) is 0 Å². The highest BCUT2D eigenvalue weighted by molar-refractivity contribution is 5.95. The van der Waals surface area contributed by atoms with Crippen molar-refractivity contribution in [3.05, 3.63) is 118 Å². The molecule has 170 valence electrons. The molecule has 2 heterocycles. The molecular formula is C29H26N2O3. The van der Waals surface area contributed by atoms with Crippen molar-refractivity contribution in [2.75, 3.05) is 13.1 Å². The fraction of sp³-hybridized carbons (Fsp3) is 0.241. The Morgan fingerprint density at radius 1 is 0.853 bits per heavy atom. The van der Waals surface area contributed by atoms with Crippen molar-refractivity contribution in [2.24, 2.45) is 0 Å². The number of amides is 2. The van der Waals surface area contributed by atoms with E-state index in [0.717, 1.165) is 40.7 Å². The predicted molar refractivity (Wildman–Crippen MR) is 129 cm³/mol. The summed E-state index contributed by atoms with van der Waals surface area (Å²) in [6.07, 6.45) is 2.27. The monoisotopic (exact) mass is 450 g/mol. The highest BCUT2D eigenvalue weighted by atomic mass is 16.6. The van der Waals surface area contributed by atoms with Gasteiger partial charge in [0.1, 0.15) is 0 Å². The van der Waals surface area contributed by atoms with Crippen molar-refractivity contribution >= 4 is 12.0 Å². The van der Waals surface area contributed by atoms with Gasteiger partial charge in [0.05, 0.1) is 0 Å². The van der Waals surface area contributed by atoms with E-state index in [1.807, 2.05) is 59.5 Å². The standard InChI is InChI=1S/C29H26N2O3/c32-27-23-16-17-31(28(33)30-18-20-8-2-1-3-9-20)19-26(23)29(34-27)24-12-6-4-10-21(24)14-15-22-11-5-7-13-25(22)29/h1-13H,14-19H2,(H,30,33). The number of hydrogen-bond donors (Lipinski definition) is 1. The smallest absolute Gasteiger partial charge is 0.335 e. The van der Waals surface area contributed by atoms with Crippen LogP contribution in [0.1, 0.15) is 34.2 Å². The lowest BCUT2D eigenvalue weighted by Gasteiger charge is -2.37. The summed E-state index contributed by atoms with van der Waals surface area (Å²) in [7, 11) is 0. The zero-order valence-electron chi connectivity index (χ0n) is 18.9. The lowest BCUT2D eigenvalue weighted by molar-refractivity contribution is -0.145. The first-order valence-electron chi connectivity index (χ1n) is 11.9. The Kier molecular flexibility index (Phi) is 4.98. The lowest BCUT2D eigenvalue weighted by atomic mass is 9.76. The molecule has 0 atom stereocenters. The van der Waals surface area contributed by atoms with Gasteiger partial charge in [0.25, 0.3) is 0 Å². The average Bonchev–Trinajstić information content (AvgIpc) is 3.10. The van der Waals surface area contributed by atoms with Crippen LogP contribution in [0.25, 0.3) is 0 Å². The molecule has 0 saturated carbocycles. The molecule has 0 unspecified atom stereocenters. The van der Waals surface area contributed by atoms with Crippen LogP contribution in [0.2, 0.25) is 0 Å². The summed E-state index contributed by atoms with van der Waals surface area (Å²) in [5.41, 5.74) is 6.11. The average molecular weight is 451 g/mol. The fourth-order valence-electron chi connectivity index (χ4n) is 5.65. The molecule has 0 fully saturated rings. The number of esters is 1. The van der Waals surface area contributed by atoms with E-state index in [4.69, 9.17) is 4.74 Å². The molecule has 0 radical (unpaired) electrons. The second-order valence-electron chi connectivity index (χ2n) is 9.16. The first-order valence-corrected chi connectivity index (χ1v) is 11.9. The van der Waals surface area contributed by atoms with E-state index in [-0.39, 0.29) is 12.0 Å². The Morgan fingerprint density at radius 3 is 2.15 bits per heavy atom. The highest BCUT2D eigenvalue weighted by Crippen LogP contribution is 2.52. The molecule has 3 aromatic carbocycles. The van der Waals surface area contributed by atoms with Gasteiger partial charge in [0.2, 0.25) is 0 Å². The number of ether oxygens (including phenoxy) is 1. The van der Waals surface area contributed by atoms with Gasteiger partial charge in [0, 0.05) is 41.9 Å². The lowest BCUT2D eigenvalue weighted by Crippen LogP contribution is -2.46. The van der Waals surface area contributed by atoms with Gasteiger partial charge in [-0.15, -0.1) is 0 Å². The van der Waals surface area contributed by atoms with Gasteiger partial charge < -0.3 is 15.0 Å². The maximum Gasteiger partial charge on any atom is 0.335 e. The molecule has 6 rings (SSSR count). The van der Waals surface area contributed by atoms with Gasteiger partial charge in [-0.25, -0.2) is 9.59 Å². The number of carbonyl (C=O) groups excluding carboxylic acids is 2. The van der Waals surface area contributed by atoms with Crippen LogP contribution in [0.4, 0.5) is 4.79 Å². The Hall–Kier alpha value is -3.86. The summed E-state index contributed by atoms with van der Waals surface area (Å²) in [5, 5.41) is 3.04. The number of nitrogens with one attached hydrogen (secondary N) is 1. The van der Waals surface area contributed by atoms with Gasteiger partial charge in [-0.05, 0) is 36.0 Å². The molecule has 2 amide bonds. The van der Waals surface area contributed by atoms with Gasteiger partial charge >= 0.3 is 12.0 Å². The minimum Gasteiger partial charge on any atom is -0.441 e. The number of urea groups is 1. The largest absolute Gasteiger partial charge is 0.441 e. The summed E-state index contributed by atoms with van der Waals surface area (Å²) in [6.45, 7) is 1.33. The summed E-state index contributed by atoms with van der Waals surface area (Å²) in [4.78, 5) is 28.1. The van der Waals surface area contributed by atoms with Crippen LogP contribution < -0.4 is 5.32 Å². The van der Waals surface area contributed by atoms with E-state index < -0.39 is 5.60 Å². The minimum atomic E-state index is -0.978. The molecule has 1 spiro atoms. The second kappa shape index (κ2) is 8.17. The number of benzene rings is 3. The zero-order chi connectivity index (χ0) is 23.1. The van der Waals surface area contributed by atoms with Crippen molar-refractivity contribution in [3.8, 4) is 0 Å². The zero-order valence-corrected chi connectivity index (χ0v) is 18.9. The molecular weight excluding hydrogens is 424 g/mol. The van der Waals surface area contributed by atoms with Crippen LogP contribution in [0.15, 0.2) is 90.0 Å². The summed E-state index contributed by atoms with van der Waals surface area (Å²) in [5.74, 6) is -0.258. The van der Waals surface area contributed by atoms with Gasteiger partial charge in [-0.2, -0.15) is 0 Å². The van der Waals surface area contributed by atoms with Crippen molar-refractivity contribution in [1.29, 1.82) is 0 Å². The number of nitrogens with zero attached hydrogens (tertiary/aromatic N) is 1. The summed E-state index contributed by atoms with van der Waals surface area (Å²) < 4.78 is 6.36. The van der Waals surface area contributed by atoms with Gasteiger partial charge in [0.15, 0.2) is 5.60 Å². The van der Waals surface area contributed by atoms with Crippen molar-refractivity contribution in [2.45, 2.75) is 31.4 Å². The van der Waals surface area contributed by atoms with Crippen molar-refractivity contribution in [1.82, 2.24) is 10.2 Å². The van der Waals surface area contributed by atoms with Crippen LogP contribution >= 0.6 is 0 Å². The first kappa shape index (κ1) is 20.7. The Balaban J connectivity index is 1.39. The Labute approximate surface area is 199 Å². The molecule has 5 heteroatoms. The molecule has 2 aliphatic heterocycles. The molecule has 0 saturated heterocycles. The third-order valence-electron chi connectivity index (χ3n) is 7.29. The number of fused-ring (bicyclic) bond motifs is 5.